The number of aryl methyl sites for hydroxylation is 2. The van der Waals surface area contributed by atoms with Gasteiger partial charge in [0.15, 0.2) is 5.82 Å². The van der Waals surface area contributed by atoms with Gasteiger partial charge in [0.1, 0.15) is 0 Å². The van der Waals surface area contributed by atoms with Crippen molar-refractivity contribution in [3.63, 3.8) is 0 Å². The van der Waals surface area contributed by atoms with E-state index < -0.39 is 0 Å². The van der Waals surface area contributed by atoms with Crippen LogP contribution >= 0.6 is 27.5 Å². The molecule has 0 bridgehead atoms. The minimum absolute atomic E-state index is 0.0868. The van der Waals surface area contributed by atoms with Crippen LogP contribution in [0.15, 0.2) is 71.2 Å². The highest BCUT2D eigenvalue weighted by molar-refractivity contribution is 9.10. The Bertz CT molecular complexity index is 1220. The lowest BCUT2D eigenvalue weighted by molar-refractivity contribution is 0.101. The van der Waals surface area contributed by atoms with E-state index in [2.05, 4.69) is 31.3 Å². The van der Waals surface area contributed by atoms with Crippen molar-refractivity contribution < 1.29 is 4.79 Å². The normalized spacial score (nSPS) is 10.8. The average molecular weight is 482 g/mol. The number of aromatic nitrogens is 3. The number of amides is 1. The maximum Gasteiger partial charge on any atom is 0.295 e. The van der Waals surface area contributed by atoms with Crippen LogP contribution in [0.4, 0.5) is 5.69 Å². The van der Waals surface area contributed by atoms with Gasteiger partial charge in [-0.25, -0.2) is 9.67 Å². The Morgan fingerprint density at radius 3 is 2.40 bits per heavy atom. The number of benzene rings is 3. The summed E-state index contributed by atoms with van der Waals surface area (Å²) in [7, 11) is 0. The molecule has 4 aromatic rings. The zero-order valence-electron chi connectivity index (χ0n) is 16.4. The van der Waals surface area contributed by atoms with Crippen LogP contribution in [0.3, 0.4) is 0 Å². The second kappa shape index (κ2) is 8.42. The highest BCUT2D eigenvalue weighted by Gasteiger charge is 2.20. The number of carbonyl (C=O) groups excluding carboxylic acids is 1. The molecule has 7 heteroatoms. The van der Waals surface area contributed by atoms with Gasteiger partial charge in [0, 0.05) is 20.7 Å². The van der Waals surface area contributed by atoms with Crippen LogP contribution in [0.1, 0.15) is 21.7 Å². The summed E-state index contributed by atoms with van der Waals surface area (Å²) in [4.78, 5) is 17.4. The molecule has 30 heavy (non-hydrogen) atoms. The Hall–Kier alpha value is -2.96. The Labute approximate surface area is 187 Å². The monoisotopic (exact) mass is 480 g/mol. The van der Waals surface area contributed by atoms with Crippen LogP contribution < -0.4 is 5.32 Å². The quantitative estimate of drug-likeness (QED) is 0.376. The predicted molar refractivity (Wildman–Crippen MR) is 123 cm³/mol. The van der Waals surface area contributed by atoms with E-state index in [1.807, 2.05) is 56.3 Å². The third kappa shape index (κ3) is 4.30. The molecular weight excluding hydrogens is 464 g/mol. The molecule has 5 nitrogen and oxygen atoms in total. The van der Waals surface area contributed by atoms with Crippen LogP contribution in [0, 0.1) is 13.8 Å². The molecule has 1 amide bonds. The van der Waals surface area contributed by atoms with Crippen molar-refractivity contribution in [2.75, 3.05) is 5.32 Å². The smallest absolute Gasteiger partial charge is 0.295 e. The molecule has 1 aromatic heterocycles. The number of hydrogen-bond donors (Lipinski definition) is 1. The second-order valence-electron chi connectivity index (χ2n) is 6.93. The fourth-order valence-corrected chi connectivity index (χ4v) is 3.42. The van der Waals surface area contributed by atoms with Gasteiger partial charge < -0.3 is 5.32 Å². The highest BCUT2D eigenvalue weighted by Crippen LogP contribution is 2.26. The molecule has 3 aromatic carbocycles. The zero-order valence-corrected chi connectivity index (χ0v) is 18.7. The molecule has 0 atom stereocenters. The van der Waals surface area contributed by atoms with Gasteiger partial charge >= 0.3 is 0 Å². The summed E-state index contributed by atoms with van der Waals surface area (Å²) in [5.74, 6) is 0.293. The van der Waals surface area contributed by atoms with E-state index in [4.69, 9.17) is 11.6 Å². The maximum atomic E-state index is 12.8. The molecule has 0 aliphatic heterocycles. The molecule has 4 rings (SSSR count). The van der Waals surface area contributed by atoms with Crippen molar-refractivity contribution >= 4 is 39.1 Å². The summed E-state index contributed by atoms with van der Waals surface area (Å²) in [6, 6.07) is 20.8. The Morgan fingerprint density at radius 1 is 1.00 bits per heavy atom. The molecule has 0 aliphatic rings. The lowest BCUT2D eigenvalue weighted by Gasteiger charge is -2.10. The highest BCUT2D eigenvalue weighted by atomic mass is 79.9. The molecule has 0 saturated carbocycles. The van der Waals surface area contributed by atoms with Gasteiger partial charge in [-0.3, -0.25) is 4.79 Å². The lowest BCUT2D eigenvalue weighted by Crippen LogP contribution is -2.14. The van der Waals surface area contributed by atoms with Crippen molar-refractivity contribution in [2.24, 2.45) is 0 Å². The molecule has 0 fully saturated rings. The molecule has 0 aliphatic carbocycles. The molecule has 0 spiro atoms. The van der Waals surface area contributed by atoms with E-state index in [-0.39, 0.29) is 11.7 Å². The van der Waals surface area contributed by atoms with E-state index in [1.54, 1.807) is 28.9 Å². The third-order valence-electron chi connectivity index (χ3n) is 4.61. The minimum atomic E-state index is -0.389. The summed E-state index contributed by atoms with van der Waals surface area (Å²) < 4.78 is 2.69. The first-order chi connectivity index (χ1) is 14.4. The fraction of sp³-hybridized carbons (Fsp3) is 0.0870. The Balaban J connectivity index is 1.79. The summed E-state index contributed by atoms with van der Waals surface area (Å²) in [5, 5.41) is 7.97. The van der Waals surface area contributed by atoms with Gasteiger partial charge in [0.2, 0.25) is 5.82 Å². The molecule has 0 radical (unpaired) electrons. The predicted octanol–water partition coefficient (Wildman–Crippen LogP) is 6.22. The van der Waals surface area contributed by atoms with Crippen molar-refractivity contribution in [1.82, 2.24) is 14.8 Å². The number of halogens is 2. The van der Waals surface area contributed by atoms with Crippen molar-refractivity contribution in [2.45, 2.75) is 13.8 Å². The van der Waals surface area contributed by atoms with Crippen LogP contribution in [0.25, 0.3) is 17.1 Å². The van der Waals surface area contributed by atoms with E-state index in [1.165, 1.54) is 0 Å². The van der Waals surface area contributed by atoms with Gasteiger partial charge in [0.25, 0.3) is 5.91 Å². The maximum absolute atomic E-state index is 12.8. The number of rotatable bonds is 4. The van der Waals surface area contributed by atoms with Crippen LogP contribution in [0.2, 0.25) is 5.02 Å². The fourth-order valence-electron chi connectivity index (χ4n) is 3.03. The molecule has 0 saturated heterocycles. The van der Waals surface area contributed by atoms with Gasteiger partial charge in [-0.15, -0.1) is 5.10 Å². The first-order valence-corrected chi connectivity index (χ1v) is 10.5. The largest absolute Gasteiger partial charge is 0.319 e. The minimum Gasteiger partial charge on any atom is -0.319 e. The number of nitrogens with zero attached hydrogens (tertiary/aromatic N) is 3. The molecule has 150 valence electrons. The van der Waals surface area contributed by atoms with Crippen LogP contribution in [-0.2, 0) is 0 Å². The Kier molecular flexibility index (Phi) is 5.70. The van der Waals surface area contributed by atoms with Crippen molar-refractivity contribution in [3.8, 4) is 17.1 Å². The summed E-state index contributed by atoms with van der Waals surface area (Å²) in [6.07, 6.45) is 0. The standard InChI is InChI=1S/C23H18BrClN4O/c1-14-3-4-15(2)20(13-14)29-22(16-5-7-17(24)8-6-16)27-21(28-29)23(30)26-19-11-9-18(25)10-12-19/h3-13H,1-2H3,(H,26,30). The van der Waals surface area contributed by atoms with Gasteiger partial charge in [0.05, 0.1) is 5.69 Å². The lowest BCUT2D eigenvalue weighted by atomic mass is 10.1. The van der Waals surface area contributed by atoms with E-state index in [0.29, 0.717) is 16.5 Å². The number of carbonyl (C=O) groups is 1. The van der Waals surface area contributed by atoms with Crippen molar-refractivity contribution in [1.29, 1.82) is 0 Å². The summed E-state index contributed by atoms with van der Waals surface area (Å²) >= 11 is 9.38. The van der Waals surface area contributed by atoms with Gasteiger partial charge in [-0.2, -0.15) is 0 Å². The molecule has 0 unspecified atom stereocenters. The number of anilines is 1. The Morgan fingerprint density at radius 2 is 1.70 bits per heavy atom. The first-order valence-electron chi connectivity index (χ1n) is 9.28. The van der Waals surface area contributed by atoms with Gasteiger partial charge in [-0.05, 0) is 67.4 Å². The van der Waals surface area contributed by atoms with E-state index in [0.717, 1.165) is 26.9 Å². The molecular formula is C23H18BrClN4O. The van der Waals surface area contributed by atoms with Crippen molar-refractivity contribution in [3.05, 3.63) is 93.2 Å². The number of hydrogen-bond acceptors (Lipinski definition) is 3. The average Bonchev–Trinajstić information content (AvgIpc) is 3.17. The summed E-state index contributed by atoms with van der Waals surface area (Å²) in [5.41, 5.74) is 4.49. The van der Waals surface area contributed by atoms with E-state index >= 15 is 0 Å². The zero-order chi connectivity index (χ0) is 21.3. The van der Waals surface area contributed by atoms with Crippen LogP contribution in [-0.4, -0.2) is 20.7 Å². The second-order valence-corrected chi connectivity index (χ2v) is 8.28. The van der Waals surface area contributed by atoms with Crippen LogP contribution in [0.5, 0.6) is 0 Å². The number of nitrogens with one attached hydrogen (secondary N) is 1. The van der Waals surface area contributed by atoms with E-state index in [9.17, 15) is 4.79 Å². The molecule has 1 heterocycles. The third-order valence-corrected chi connectivity index (χ3v) is 5.39. The molecule has 1 N–H and O–H groups in total. The SMILES string of the molecule is Cc1ccc(C)c(-n2nc(C(=O)Nc3ccc(Cl)cc3)nc2-c2ccc(Br)cc2)c1. The first kappa shape index (κ1) is 20.3. The summed E-state index contributed by atoms with van der Waals surface area (Å²) in [6.45, 7) is 4.03. The topological polar surface area (TPSA) is 59.8 Å². The van der Waals surface area contributed by atoms with Gasteiger partial charge in [-0.1, -0.05) is 51.8 Å².